The number of hydrogen-bond acceptors (Lipinski definition) is 3. The van der Waals surface area contributed by atoms with E-state index in [1.165, 1.54) is 0 Å². The topological polar surface area (TPSA) is 46.9 Å². The Morgan fingerprint density at radius 1 is 1.65 bits per heavy atom. The zero-order valence-corrected chi connectivity index (χ0v) is 11.0. The minimum Gasteiger partial charge on any atom is -0.307 e. The normalized spacial score (nSPS) is 10.5. The molecular formula is C12H18ClN3O. The first-order valence-corrected chi connectivity index (χ1v) is 6.03. The van der Waals surface area contributed by atoms with Gasteiger partial charge in [-0.2, -0.15) is 5.10 Å². The van der Waals surface area contributed by atoms with Gasteiger partial charge in [-0.05, 0) is 13.8 Å². The van der Waals surface area contributed by atoms with Gasteiger partial charge in [-0.25, -0.2) is 0 Å². The summed E-state index contributed by atoms with van der Waals surface area (Å²) < 4.78 is 1.78. The Morgan fingerprint density at radius 2 is 2.35 bits per heavy atom. The molecule has 0 bridgehead atoms. The number of rotatable bonds is 7. The van der Waals surface area contributed by atoms with Crippen LogP contribution in [0.3, 0.4) is 0 Å². The van der Waals surface area contributed by atoms with Gasteiger partial charge in [0.2, 0.25) is 0 Å². The molecule has 5 heteroatoms. The lowest BCUT2D eigenvalue weighted by atomic mass is 10.2. The quantitative estimate of drug-likeness (QED) is 0.597. The average molecular weight is 256 g/mol. The van der Waals surface area contributed by atoms with Crippen LogP contribution in [0.5, 0.6) is 0 Å². The molecule has 0 atom stereocenters. The number of halogens is 1. The maximum absolute atomic E-state index is 11.7. The number of Topliss-reactive ketones (excluding diaryl/α,β-unsaturated/α-hetero) is 1. The van der Waals surface area contributed by atoms with Gasteiger partial charge in [0.25, 0.3) is 0 Å². The summed E-state index contributed by atoms with van der Waals surface area (Å²) in [5.74, 6) is 0.100. The van der Waals surface area contributed by atoms with Crippen molar-refractivity contribution >= 4 is 17.4 Å². The Balaban J connectivity index is 2.67. The molecule has 4 nitrogen and oxygen atoms in total. The Hall–Kier alpha value is -1.13. The highest BCUT2D eigenvalue weighted by molar-refractivity contribution is 6.32. The summed E-state index contributed by atoms with van der Waals surface area (Å²) in [7, 11) is 0. The predicted octanol–water partition coefficient (Wildman–Crippen LogP) is 1.75. The second kappa shape index (κ2) is 6.57. The summed E-state index contributed by atoms with van der Waals surface area (Å²) in [4.78, 5) is 11.7. The molecule has 0 spiro atoms. The largest absolute Gasteiger partial charge is 0.307 e. The highest BCUT2D eigenvalue weighted by Gasteiger charge is 2.15. The lowest BCUT2D eigenvalue weighted by Crippen LogP contribution is -2.25. The zero-order chi connectivity index (χ0) is 12.8. The molecule has 0 saturated carbocycles. The molecule has 0 radical (unpaired) electrons. The highest BCUT2D eigenvalue weighted by atomic mass is 35.5. The number of carbonyl (C=O) groups is 1. The highest BCUT2D eigenvalue weighted by Crippen LogP contribution is 2.20. The molecule has 1 aromatic rings. The third-order valence-corrected chi connectivity index (χ3v) is 2.92. The fourth-order valence-electron chi connectivity index (χ4n) is 1.60. The first-order chi connectivity index (χ1) is 8.10. The van der Waals surface area contributed by atoms with Gasteiger partial charge < -0.3 is 5.32 Å². The first-order valence-electron chi connectivity index (χ1n) is 5.65. The van der Waals surface area contributed by atoms with E-state index in [1.807, 2.05) is 13.8 Å². The van der Waals surface area contributed by atoms with Gasteiger partial charge in [0.05, 0.1) is 29.4 Å². The van der Waals surface area contributed by atoms with Crippen LogP contribution in [0.2, 0.25) is 5.02 Å². The number of aromatic nitrogens is 2. The number of hydrogen-bond donors (Lipinski definition) is 1. The van der Waals surface area contributed by atoms with E-state index in [0.29, 0.717) is 24.5 Å². The van der Waals surface area contributed by atoms with Crippen LogP contribution in [0.15, 0.2) is 12.7 Å². The molecule has 1 heterocycles. The second-order valence-corrected chi connectivity index (χ2v) is 4.17. The maximum atomic E-state index is 11.7. The van der Waals surface area contributed by atoms with Crippen molar-refractivity contribution in [3.05, 3.63) is 29.1 Å². The Bertz CT molecular complexity index is 412. The van der Waals surface area contributed by atoms with Gasteiger partial charge in [0, 0.05) is 13.1 Å². The predicted molar refractivity (Wildman–Crippen MR) is 69.4 cm³/mol. The van der Waals surface area contributed by atoms with Gasteiger partial charge in [-0.15, -0.1) is 6.58 Å². The number of carbonyl (C=O) groups excluding carboxylic acids is 1. The van der Waals surface area contributed by atoms with Crippen molar-refractivity contribution in [2.75, 3.05) is 13.1 Å². The summed E-state index contributed by atoms with van der Waals surface area (Å²) in [6, 6.07) is 0. The molecular weight excluding hydrogens is 238 g/mol. The van der Waals surface area contributed by atoms with E-state index in [2.05, 4.69) is 17.0 Å². The lowest BCUT2D eigenvalue weighted by Gasteiger charge is -2.05. The van der Waals surface area contributed by atoms with E-state index in [0.717, 1.165) is 17.9 Å². The fraction of sp³-hybridized carbons (Fsp3) is 0.500. The van der Waals surface area contributed by atoms with E-state index in [-0.39, 0.29) is 5.78 Å². The number of nitrogens with one attached hydrogen (secondary N) is 1. The fourth-order valence-corrected chi connectivity index (χ4v) is 1.80. The van der Waals surface area contributed by atoms with E-state index >= 15 is 0 Å². The Labute approximate surface area is 107 Å². The van der Waals surface area contributed by atoms with E-state index in [1.54, 1.807) is 10.8 Å². The molecule has 0 saturated heterocycles. The maximum Gasteiger partial charge on any atom is 0.152 e. The number of nitrogens with zero attached hydrogens (tertiary/aromatic N) is 2. The first kappa shape index (κ1) is 13.9. The average Bonchev–Trinajstić information content (AvgIpc) is 2.57. The van der Waals surface area contributed by atoms with Gasteiger partial charge >= 0.3 is 0 Å². The summed E-state index contributed by atoms with van der Waals surface area (Å²) in [5, 5.41) is 7.85. The Morgan fingerprint density at radius 3 is 2.94 bits per heavy atom. The van der Waals surface area contributed by atoms with Crippen LogP contribution >= 0.6 is 11.6 Å². The molecule has 0 amide bonds. The molecule has 0 fully saturated rings. The van der Waals surface area contributed by atoms with E-state index in [4.69, 9.17) is 11.6 Å². The zero-order valence-electron chi connectivity index (χ0n) is 10.3. The van der Waals surface area contributed by atoms with Crippen molar-refractivity contribution in [3.8, 4) is 0 Å². The molecule has 0 aromatic carbocycles. The molecule has 1 N–H and O–H groups in total. The molecule has 17 heavy (non-hydrogen) atoms. The van der Waals surface area contributed by atoms with E-state index in [9.17, 15) is 4.79 Å². The van der Waals surface area contributed by atoms with Crippen molar-refractivity contribution in [1.29, 1.82) is 0 Å². The smallest absolute Gasteiger partial charge is 0.152 e. The van der Waals surface area contributed by atoms with Crippen LogP contribution in [-0.2, 0) is 17.8 Å². The molecule has 0 aliphatic heterocycles. The van der Waals surface area contributed by atoms with Crippen LogP contribution in [-0.4, -0.2) is 28.7 Å². The summed E-state index contributed by atoms with van der Waals surface area (Å²) in [6.45, 7) is 9.08. The van der Waals surface area contributed by atoms with Crippen LogP contribution in [0, 0.1) is 6.92 Å². The molecule has 1 aromatic heterocycles. The minimum atomic E-state index is 0.100. The number of ketones is 1. The summed E-state index contributed by atoms with van der Waals surface area (Å²) in [5.41, 5.74) is 1.58. The standard InChI is InChI=1S/C12H18ClN3O/c1-4-6-14-8-10(17)7-11-12(13)9(3)15-16(11)5-2/h4,14H,1,5-8H2,2-3H3. The monoisotopic (exact) mass is 255 g/mol. The van der Waals surface area contributed by atoms with Crippen LogP contribution < -0.4 is 5.32 Å². The SMILES string of the molecule is C=CCNCC(=O)Cc1c(Cl)c(C)nn1CC. The van der Waals surface area contributed by atoms with Gasteiger partial charge in [-0.3, -0.25) is 9.48 Å². The van der Waals surface area contributed by atoms with Crippen LogP contribution in [0.1, 0.15) is 18.3 Å². The molecule has 94 valence electrons. The summed E-state index contributed by atoms with van der Waals surface area (Å²) in [6.07, 6.45) is 2.04. The van der Waals surface area contributed by atoms with Gasteiger partial charge in [0.15, 0.2) is 5.78 Å². The second-order valence-electron chi connectivity index (χ2n) is 3.80. The van der Waals surface area contributed by atoms with Crippen molar-refractivity contribution in [2.45, 2.75) is 26.8 Å². The molecule has 0 aliphatic rings. The summed E-state index contributed by atoms with van der Waals surface area (Å²) >= 11 is 6.13. The molecule has 1 rings (SSSR count). The van der Waals surface area contributed by atoms with Crippen molar-refractivity contribution in [1.82, 2.24) is 15.1 Å². The van der Waals surface area contributed by atoms with Gasteiger partial charge in [0.1, 0.15) is 0 Å². The number of aryl methyl sites for hydroxylation is 2. The van der Waals surface area contributed by atoms with Crippen molar-refractivity contribution in [2.24, 2.45) is 0 Å². The molecule has 0 aliphatic carbocycles. The van der Waals surface area contributed by atoms with Crippen LogP contribution in [0.4, 0.5) is 0 Å². The Kier molecular flexibility index (Phi) is 5.38. The third kappa shape index (κ3) is 3.68. The molecule has 0 unspecified atom stereocenters. The van der Waals surface area contributed by atoms with Crippen molar-refractivity contribution in [3.63, 3.8) is 0 Å². The third-order valence-electron chi connectivity index (χ3n) is 2.43. The van der Waals surface area contributed by atoms with E-state index < -0.39 is 0 Å². The minimum absolute atomic E-state index is 0.100. The lowest BCUT2D eigenvalue weighted by molar-refractivity contribution is -0.117. The van der Waals surface area contributed by atoms with Gasteiger partial charge in [-0.1, -0.05) is 17.7 Å². The van der Waals surface area contributed by atoms with Crippen LogP contribution in [0.25, 0.3) is 0 Å². The van der Waals surface area contributed by atoms with Crippen molar-refractivity contribution < 1.29 is 4.79 Å².